The summed E-state index contributed by atoms with van der Waals surface area (Å²) in [6.45, 7) is 2.11. The lowest BCUT2D eigenvalue weighted by atomic mass is 9.91. The summed E-state index contributed by atoms with van der Waals surface area (Å²) in [5, 5.41) is 0. The number of carbonyl (C=O) groups excluding carboxylic acids is 1. The molecule has 1 heterocycles. The van der Waals surface area contributed by atoms with Gasteiger partial charge in [-0.3, -0.25) is 9.78 Å². The Balaban J connectivity index is 2.10. The fourth-order valence-corrected chi connectivity index (χ4v) is 2.08. The molecule has 1 atom stereocenters. The molecule has 0 saturated heterocycles. The Morgan fingerprint density at radius 3 is 2.44 bits per heavy atom. The van der Waals surface area contributed by atoms with Crippen molar-refractivity contribution < 1.29 is 4.79 Å². The molecule has 2 rings (SSSR count). The van der Waals surface area contributed by atoms with Gasteiger partial charge in [-0.15, -0.1) is 0 Å². The Morgan fingerprint density at radius 2 is 1.83 bits per heavy atom. The maximum absolute atomic E-state index is 12.1. The number of rotatable bonds is 5. The molecule has 0 N–H and O–H groups in total. The van der Waals surface area contributed by atoms with Crippen LogP contribution in [0.1, 0.15) is 41.7 Å². The quantitative estimate of drug-likeness (QED) is 0.742. The van der Waals surface area contributed by atoms with E-state index >= 15 is 0 Å². The maximum Gasteiger partial charge on any atom is 0.181 e. The summed E-state index contributed by atoms with van der Waals surface area (Å²) in [4.78, 5) is 16.2. The molecule has 0 aliphatic rings. The molecule has 0 bridgehead atoms. The molecule has 92 valence electrons. The number of hydrogen-bond acceptors (Lipinski definition) is 2. The molecular weight excluding hydrogens is 222 g/mol. The molecule has 0 aliphatic carbocycles. The number of benzene rings is 1. The van der Waals surface area contributed by atoms with E-state index in [0.717, 1.165) is 6.42 Å². The van der Waals surface area contributed by atoms with E-state index in [1.165, 1.54) is 5.56 Å². The topological polar surface area (TPSA) is 30.0 Å². The van der Waals surface area contributed by atoms with Crippen LogP contribution in [-0.2, 0) is 0 Å². The number of ketones is 1. The van der Waals surface area contributed by atoms with Gasteiger partial charge in [0.05, 0.1) is 0 Å². The van der Waals surface area contributed by atoms with Crippen molar-refractivity contribution in [3.05, 3.63) is 66.0 Å². The molecular formula is C16H17NO. The molecule has 2 nitrogen and oxygen atoms in total. The van der Waals surface area contributed by atoms with Gasteiger partial charge in [0.1, 0.15) is 5.69 Å². The van der Waals surface area contributed by atoms with Gasteiger partial charge in [0.25, 0.3) is 0 Å². The molecule has 0 amide bonds. The lowest BCUT2D eigenvalue weighted by Crippen LogP contribution is -2.08. The Bertz CT molecular complexity index is 493. The van der Waals surface area contributed by atoms with Crippen LogP contribution < -0.4 is 0 Å². The van der Waals surface area contributed by atoms with E-state index < -0.39 is 0 Å². The first kappa shape index (κ1) is 12.5. The highest BCUT2D eigenvalue weighted by Gasteiger charge is 2.15. The molecule has 1 unspecified atom stereocenters. The van der Waals surface area contributed by atoms with Crippen LogP contribution in [0.2, 0.25) is 0 Å². The van der Waals surface area contributed by atoms with Crippen LogP contribution >= 0.6 is 0 Å². The lowest BCUT2D eigenvalue weighted by Gasteiger charge is -2.14. The molecule has 0 radical (unpaired) electrons. The highest BCUT2D eigenvalue weighted by molar-refractivity contribution is 5.94. The third-order valence-electron chi connectivity index (χ3n) is 3.15. The number of carbonyl (C=O) groups is 1. The Morgan fingerprint density at radius 1 is 1.11 bits per heavy atom. The summed E-state index contributed by atoms with van der Waals surface area (Å²) in [6.07, 6.45) is 3.15. The lowest BCUT2D eigenvalue weighted by molar-refractivity contribution is 0.0968. The molecule has 0 fully saturated rings. The normalized spacial score (nSPS) is 12.1. The summed E-state index contributed by atoms with van der Waals surface area (Å²) in [5.74, 6) is 0.395. The van der Waals surface area contributed by atoms with E-state index in [1.54, 1.807) is 12.3 Å². The van der Waals surface area contributed by atoms with E-state index in [9.17, 15) is 4.79 Å². The average molecular weight is 239 g/mol. The monoisotopic (exact) mass is 239 g/mol. The molecule has 2 aromatic rings. The van der Waals surface area contributed by atoms with Gasteiger partial charge in [0, 0.05) is 12.6 Å². The van der Waals surface area contributed by atoms with Crippen molar-refractivity contribution in [1.82, 2.24) is 4.98 Å². The third-order valence-corrected chi connectivity index (χ3v) is 3.15. The summed E-state index contributed by atoms with van der Waals surface area (Å²) < 4.78 is 0. The fourth-order valence-electron chi connectivity index (χ4n) is 2.08. The number of hydrogen-bond donors (Lipinski definition) is 0. The first-order chi connectivity index (χ1) is 8.81. The smallest absolute Gasteiger partial charge is 0.181 e. The number of Topliss-reactive ketones (excluding diaryl/α,β-unsaturated/α-hetero) is 1. The largest absolute Gasteiger partial charge is 0.292 e. The van der Waals surface area contributed by atoms with Crippen molar-refractivity contribution in [2.45, 2.75) is 25.7 Å². The van der Waals surface area contributed by atoms with Crippen molar-refractivity contribution in [2.75, 3.05) is 0 Å². The fraction of sp³-hybridized carbons (Fsp3) is 0.250. The van der Waals surface area contributed by atoms with Gasteiger partial charge in [0.2, 0.25) is 0 Å². The number of pyridine rings is 1. The van der Waals surface area contributed by atoms with Crippen LogP contribution in [0, 0.1) is 0 Å². The minimum atomic E-state index is 0.117. The molecule has 0 spiro atoms. The van der Waals surface area contributed by atoms with Crippen LogP contribution in [0.3, 0.4) is 0 Å². The minimum absolute atomic E-state index is 0.117. The van der Waals surface area contributed by atoms with Crippen LogP contribution in [0.4, 0.5) is 0 Å². The zero-order chi connectivity index (χ0) is 12.8. The first-order valence-corrected chi connectivity index (χ1v) is 6.30. The second kappa shape index (κ2) is 6.10. The Hall–Kier alpha value is -1.96. The van der Waals surface area contributed by atoms with Gasteiger partial charge in [-0.05, 0) is 30.0 Å². The Labute approximate surface area is 108 Å². The van der Waals surface area contributed by atoms with E-state index in [0.29, 0.717) is 12.1 Å². The van der Waals surface area contributed by atoms with Crippen LogP contribution in [0.15, 0.2) is 54.7 Å². The maximum atomic E-state index is 12.1. The molecule has 0 aliphatic heterocycles. The van der Waals surface area contributed by atoms with Gasteiger partial charge in [0.15, 0.2) is 5.78 Å². The van der Waals surface area contributed by atoms with Crippen molar-refractivity contribution in [1.29, 1.82) is 0 Å². The van der Waals surface area contributed by atoms with Crippen molar-refractivity contribution in [3.63, 3.8) is 0 Å². The summed E-state index contributed by atoms with van der Waals surface area (Å²) >= 11 is 0. The van der Waals surface area contributed by atoms with Gasteiger partial charge >= 0.3 is 0 Å². The van der Waals surface area contributed by atoms with Crippen molar-refractivity contribution in [3.8, 4) is 0 Å². The summed E-state index contributed by atoms with van der Waals surface area (Å²) in [6, 6.07) is 15.7. The number of nitrogens with zero attached hydrogens (tertiary/aromatic N) is 1. The van der Waals surface area contributed by atoms with Gasteiger partial charge in [-0.25, -0.2) is 0 Å². The highest BCUT2D eigenvalue weighted by atomic mass is 16.1. The van der Waals surface area contributed by atoms with Crippen LogP contribution in [0.5, 0.6) is 0 Å². The Kier molecular flexibility index (Phi) is 4.24. The van der Waals surface area contributed by atoms with Crippen LogP contribution in [0.25, 0.3) is 0 Å². The van der Waals surface area contributed by atoms with E-state index in [4.69, 9.17) is 0 Å². The predicted octanol–water partition coefficient (Wildman–Crippen LogP) is 3.85. The molecule has 1 aromatic carbocycles. The predicted molar refractivity (Wildman–Crippen MR) is 72.7 cm³/mol. The molecule has 0 saturated carbocycles. The van der Waals surface area contributed by atoms with Gasteiger partial charge in [-0.2, -0.15) is 0 Å². The summed E-state index contributed by atoms with van der Waals surface area (Å²) in [5.41, 5.74) is 1.79. The van der Waals surface area contributed by atoms with Gasteiger partial charge < -0.3 is 0 Å². The van der Waals surface area contributed by atoms with E-state index in [2.05, 4.69) is 24.0 Å². The first-order valence-electron chi connectivity index (χ1n) is 6.30. The second-order valence-corrected chi connectivity index (χ2v) is 4.36. The van der Waals surface area contributed by atoms with Crippen LogP contribution in [-0.4, -0.2) is 10.8 Å². The third kappa shape index (κ3) is 3.04. The van der Waals surface area contributed by atoms with Crippen molar-refractivity contribution >= 4 is 5.78 Å². The average Bonchev–Trinajstić information content (AvgIpc) is 2.46. The van der Waals surface area contributed by atoms with E-state index in [1.807, 2.05) is 30.3 Å². The standard InChI is InChI=1S/C16H17NO/c1-2-13(14-8-4-3-5-9-14)12-16(18)15-10-6-7-11-17-15/h3-11,13H,2,12H2,1H3. The van der Waals surface area contributed by atoms with Crippen molar-refractivity contribution in [2.24, 2.45) is 0 Å². The van der Waals surface area contributed by atoms with E-state index in [-0.39, 0.29) is 11.7 Å². The SMILES string of the molecule is CCC(CC(=O)c1ccccn1)c1ccccc1. The summed E-state index contributed by atoms with van der Waals surface area (Å²) in [7, 11) is 0. The molecule has 1 aromatic heterocycles. The highest BCUT2D eigenvalue weighted by Crippen LogP contribution is 2.24. The molecule has 18 heavy (non-hydrogen) atoms. The zero-order valence-corrected chi connectivity index (χ0v) is 10.5. The zero-order valence-electron chi connectivity index (χ0n) is 10.5. The number of aromatic nitrogens is 1. The minimum Gasteiger partial charge on any atom is -0.292 e. The van der Waals surface area contributed by atoms with Gasteiger partial charge in [-0.1, -0.05) is 43.3 Å². The second-order valence-electron chi connectivity index (χ2n) is 4.36. The molecule has 2 heteroatoms.